The first-order chi connectivity index (χ1) is 6.66. The number of aliphatic hydroxyl groups is 1. The average Bonchev–Trinajstić information content (AvgIpc) is 2.22. The largest absolute Gasteiger partial charge is 0.397 e. The van der Waals surface area contributed by atoms with Crippen LogP contribution in [0.15, 0.2) is 0 Å². The van der Waals surface area contributed by atoms with Crippen molar-refractivity contribution in [3.63, 3.8) is 0 Å². The van der Waals surface area contributed by atoms with Gasteiger partial charge in [0.05, 0.1) is 8.07 Å². The molecule has 0 amide bonds. The Balaban J connectivity index is 0. The van der Waals surface area contributed by atoms with Gasteiger partial charge in [0.1, 0.15) is 0 Å². The van der Waals surface area contributed by atoms with Crippen LogP contribution >= 0.6 is 0 Å². The molecule has 3 N–H and O–H groups in total. The Kier molecular flexibility index (Phi) is 13.3. The monoisotopic (exact) mass is 219 g/mol. The molecule has 0 saturated carbocycles. The molecule has 0 aliphatic rings. The molecule has 0 aromatic carbocycles. The molecule has 0 aliphatic heterocycles. The van der Waals surface area contributed by atoms with Crippen molar-refractivity contribution in [2.24, 2.45) is 5.73 Å². The van der Waals surface area contributed by atoms with Crippen molar-refractivity contribution in [1.29, 1.82) is 0 Å². The number of hydrogen-bond donors (Lipinski definition) is 2. The zero-order valence-electron chi connectivity index (χ0n) is 10.5. The van der Waals surface area contributed by atoms with E-state index in [0.717, 1.165) is 6.54 Å². The highest BCUT2D eigenvalue weighted by molar-refractivity contribution is 6.79. The van der Waals surface area contributed by atoms with E-state index in [4.69, 9.17) is 10.8 Å². The molecule has 14 heavy (non-hydrogen) atoms. The Morgan fingerprint density at radius 1 is 1.00 bits per heavy atom. The summed E-state index contributed by atoms with van der Waals surface area (Å²) in [5.41, 5.74) is 5.52. The van der Waals surface area contributed by atoms with Gasteiger partial charge in [-0.3, -0.25) is 0 Å². The van der Waals surface area contributed by atoms with Gasteiger partial charge in [0.15, 0.2) is 0 Å². The topological polar surface area (TPSA) is 46.2 Å². The van der Waals surface area contributed by atoms with E-state index in [1.165, 1.54) is 30.6 Å². The molecule has 0 radical (unpaired) electrons. The Hall–Kier alpha value is 0.137. The van der Waals surface area contributed by atoms with Crippen molar-refractivity contribution in [3.05, 3.63) is 0 Å². The molecular formula is C11H29NOSi. The summed E-state index contributed by atoms with van der Waals surface area (Å²) in [6.45, 7) is 9.88. The Morgan fingerprint density at radius 3 is 1.57 bits per heavy atom. The van der Waals surface area contributed by atoms with Crippen LogP contribution in [0.1, 0.15) is 34.1 Å². The van der Waals surface area contributed by atoms with Gasteiger partial charge in [-0.2, -0.15) is 0 Å². The first-order valence-corrected chi connectivity index (χ1v) is 8.80. The summed E-state index contributed by atoms with van der Waals surface area (Å²) in [6, 6.07) is 5.78. The smallest absolute Gasteiger partial charge is 0.0528 e. The molecule has 0 spiro atoms. The number of nitrogens with two attached hydrogens (primary N) is 1. The van der Waals surface area contributed by atoms with Gasteiger partial charge in [-0.05, 0) is 19.9 Å². The summed E-state index contributed by atoms with van der Waals surface area (Å²) >= 11 is 0. The van der Waals surface area contributed by atoms with Crippen LogP contribution in [0.4, 0.5) is 0 Å². The third-order valence-corrected chi connectivity index (χ3v) is 9.08. The summed E-state index contributed by atoms with van der Waals surface area (Å²) < 4.78 is 0. The van der Waals surface area contributed by atoms with Crippen molar-refractivity contribution in [2.75, 3.05) is 13.2 Å². The van der Waals surface area contributed by atoms with E-state index in [-0.39, 0.29) is 6.61 Å². The van der Waals surface area contributed by atoms with Gasteiger partial charge in [-0.15, -0.1) is 0 Å². The van der Waals surface area contributed by atoms with Crippen molar-refractivity contribution in [2.45, 2.75) is 58.3 Å². The van der Waals surface area contributed by atoms with Crippen LogP contribution in [0.25, 0.3) is 0 Å². The minimum Gasteiger partial charge on any atom is -0.397 e. The van der Waals surface area contributed by atoms with Gasteiger partial charge < -0.3 is 10.8 Å². The molecular weight excluding hydrogens is 190 g/mol. The predicted molar refractivity (Wildman–Crippen MR) is 68.4 cm³/mol. The fraction of sp³-hybridized carbons (Fsp3) is 1.00. The molecule has 0 aromatic heterocycles. The molecule has 0 saturated heterocycles. The van der Waals surface area contributed by atoms with Crippen molar-refractivity contribution in [3.8, 4) is 0 Å². The van der Waals surface area contributed by atoms with E-state index >= 15 is 0 Å². The lowest BCUT2D eigenvalue weighted by atomic mass is 10.5. The van der Waals surface area contributed by atoms with Crippen LogP contribution in [0, 0.1) is 0 Å². The molecule has 0 aromatic rings. The zero-order chi connectivity index (χ0) is 11.4. The minimum absolute atomic E-state index is 0.250. The van der Waals surface area contributed by atoms with E-state index in [0.29, 0.717) is 0 Å². The Bertz CT molecular complexity index is 97.2. The molecule has 88 valence electrons. The first-order valence-electron chi connectivity index (χ1n) is 5.97. The van der Waals surface area contributed by atoms with Crippen LogP contribution in [0.5, 0.6) is 0 Å². The van der Waals surface area contributed by atoms with E-state index < -0.39 is 8.07 Å². The van der Waals surface area contributed by atoms with Gasteiger partial charge in [0, 0.05) is 6.61 Å². The number of rotatable bonds is 6. The fourth-order valence-corrected chi connectivity index (χ4v) is 5.27. The molecule has 2 nitrogen and oxygen atoms in total. The Labute approximate surface area is 90.9 Å². The zero-order valence-corrected chi connectivity index (χ0v) is 11.5. The maximum Gasteiger partial charge on any atom is 0.0528 e. The van der Waals surface area contributed by atoms with Gasteiger partial charge in [0.25, 0.3) is 0 Å². The fourth-order valence-electron chi connectivity index (χ4n) is 1.76. The first kappa shape index (κ1) is 16.6. The molecule has 0 aliphatic carbocycles. The lowest BCUT2D eigenvalue weighted by Gasteiger charge is -2.27. The van der Waals surface area contributed by atoms with Crippen LogP contribution in [0.3, 0.4) is 0 Å². The third-order valence-electron chi connectivity index (χ3n) is 3.16. The van der Waals surface area contributed by atoms with Gasteiger partial charge in [-0.1, -0.05) is 44.9 Å². The molecule has 0 rings (SSSR count). The summed E-state index contributed by atoms with van der Waals surface area (Å²) in [5.74, 6) is 0. The van der Waals surface area contributed by atoms with Crippen LogP contribution in [-0.4, -0.2) is 26.3 Å². The minimum atomic E-state index is -0.818. The van der Waals surface area contributed by atoms with Crippen LogP contribution < -0.4 is 5.73 Å². The summed E-state index contributed by atoms with van der Waals surface area (Å²) in [4.78, 5) is 0. The Morgan fingerprint density at radius 2 is 1.36 bits per heavy atom. The normalized spacial score (nSPS) is 10.7. The van der Waals surface area contributed by atoms with Crippen molar-refractivity contribution >= 4 is 8.07 Å². The molecule has 3 heteroatoms. The highest BCUT2D eigenvalue weighted by atomic mass is 28.3. The maximum absolute atomic E-state index is 7.57. The van der Waals surface area contributed by atoms with Crippen molar-refractivity contribution < 1.29 is 5.11 Å². The van der Waals surface area contributed by atoms with Crippen LogP contribution in [-0.2, 0) is 0 Å². The highest BCUT2D eigenvalue weighted by Crippen LogP contribution is 2.25. The van der Waals surface area contributed by atoms with E-state index in [9.17, 15) is 0 Å². The molecule has 0 atom stereocenters. The molecule has 0 fully saturated rings. The SMILES string of the molecule is CCO.CC[Si](CC)(CC)CCCN. The van der Waals surface area contributed by atoms with Gasteiger partial charge >= 0.3 is 0 Å². The second-order valence-electron chi connectivity index (χ2n) is 3.77. The van der Waals surface area contributed by atoms with E-state index in [1.54, 1.807) is 6.92 Å². The second kappa shape index (κ2) is 11.2. The van der Waals surface area contributed by atoms with Gasteiger partial charge in [0.2, 0.25) is 0 Å². The predicted octanol–water partition coefficient (Wildman–Crippen LogP) is 2.84. The lowest BCUT2D eigenvalue weighted by Crippen LogP contribution is -2.31. The summed E-state index contributed by atoms with van der Waals surface area (Å²) in [6.07, 6.45) is 1.25. The quantitative estimate of drug-likeness (QED) is 0.675. The highest BCUT2D eigenvalue weighted by Gasteiger charge is 2.24. The lowest BCUT2D eigenvalue weighted by molar-refractivity contribution is 0.318. The molecule has 0 unspecified atom stereocenters. The summed E-state index contributed by atoms with van der Waals surface area (Å²) in [7, 11) is -0.818. The number of aliphatic hydroxyl groups excluding tert-OH is 1. The summed E-state index contributed by atoms with van der Waals surface area (Å²) in [5, 5.41) is 7.57. The molecule has 0 heterocycles. The maximum atomic E-state index is 7.57. The second-order valence-corrected chi connectivity index (χ2v) is 9.39. The molecule has 0 bridgehead atoms. The number of hydrogen-bond acceptors (Lipinski definition) is 2. The van der Waals surface area contributed by atoms with Crippen molar-refractivity contribution in [1.82, 2.24) is 0 Å². The standard InChI is InChI=1S/C9H23NSi.C2H6O/c1-4-11(5-2,6-3)9-7-8-10;1-2-3/h4-10H2,1-3H3;3H,2H2,1H3. The van der Waals surface area contributed by atoms with E-state index in [1.807, 2.05) is 0 Å². The third kappa shape index (κ3) is 7.53. The van der Waals surface area contributed by atoms with Gasteiger partial charge in [-0.25, -0.2) is 0 Å². The van der Waals surface area contributed by atoms with E-state index in [2.05, 4.69) is 20.8 Å². The average molecular weight is 219 g/mol. The van der Waals surface area contributed by atoms with Crippen LogP contribution in [0.2, 0.25) is 24.2 Å².